The van der Waals surface area contributed by atoms with Crippen LogP contribution in [-0.4, -0.2) is 41.4 Å². The highest BCUT2D eigenvalue weighted by atomic mass is 16.3. The molecule has 138 valence electrons. The lowest BCUT2D eigenvalue weighted by molar-refractivity contribution is 0.0342. The van der Waals surface area contributed by atoms with Gasteiger partial charge < -0.3 is 10.4 Å². The van der Waals surface area contributed by atoms with Gasteiger partial charge in [0.2, 0.25) is 0 Å². The number of piperidine rings is 1. The van der Waals surface area contributed by atoms with Gasteiger partial charge in [-0.25, -0.2) is 0 Å². The Kier molecular flexibility index (Phi) is 5.09. The van der Waals surface area contributed by atoms with Crippen LogP contribution in [0.1, 0.15) is 30.5 Å². The van der Waals surface area contributed by atoms with E-state index in [-0.39, 0.29) is 5.54 Å². The van der Waals surface area contributed by atoms with E-state index in [1.807, 2.05) is 6.92 Å². The molecule has 0 saturated carbocycles. The predicted octanol–water partition coefficient (Wildman–Crippen LogP) is 2.52. The van der Waals surface area contributed by atoms with Crippen molar-refractivity contribution < 1.29 is 5.11 Å². The molecular weight excluding hydrogens is 322 g/mol. The summed E-state index contributed by atoms with van der Waals surface area (Å²) in [6.07, 6.45) is 0.556. The van der Waals surface area contributed by atoms with Crippen LogP contribution in [0.15, 0.2) is 60.7 Å². The minimum atomic E-state index is -0.491. The molecule has 0 bridgehead atoms. The fourth-order valence-corrected chi connectivity index (χ4v) is 4.81. The molecule has 2 aromatic carbocycles. The van der Waals surface area contributed by atoms with Crippen molar-refractivity contribution in [2.24, 2.45) is 5.92 Å². The van der Waals surface area contributed by atoms with E-state index in [4.69, 9.17) is 0 Å². The van der Waals surface area contributed by atoms with Gasteiger partial charge in [-0.15, -0.1) is 0 Å². The first-order chi connectivity index (χ1) is 12.7. The van der Waals surface area contributed by atoms with E-state index in [2.05, 4.69) is 76.2 Å². The van der Waals surface area contributed by atoms with Gasteiger partial charge in [-0.05, 0) is 24.5 Å². The number of rotatable bonds is 5. The van der Waals surface area contributed by atoms with Crippen molar-refractivity contribution in [3.05, 3.63) is 71.8 Å². The zero-order valence-electron chi connectivity index (χ0n) is 15.4. The number of likely N-dealkylation sites (tertiary alicyclic amines) is 1. The molecule has 3 N–H and O–H groups in total. The van der Waals surface area contributed by atoms with Gasteiger partial charge in [0.05, 0.1) is 0 Å². The van der Waals surface area contributed by atoms with Crippen molar-refractivity contribution in [3.8, 4) is 0 Å². The number of nitrogens with zero attached hydrogens (tertiary/aromatic N) is 1. The Balaban J connectivity index is 1.57. The number of hydrogen-bond donors (Lipinski definition) is 3. The number of aliphatic hydroxyl groups excluding tert-OH is 1. The summed E-state index contributed by atoms with van der Waals surface area (Å²) in [7, 11) is 0. The first-order valence-electron chi connectivity index (χ1n) is 9.67. The molecule has 0 aromatic heterocycles. The van der Waals surface area contributed by atoms with Crippen LogP contribution in [0.2, 0.25) is 0 Å². The number of nitrogens with one attached hydrogen (secondary N) is 2. The Morgan fingerprint density at radius 3 is 2.54 bits per heavy atom. The molecule has 4 atom stereocenters. The van der Waals surface area contributed by atoms with Crippen molar-refractivity contribution in [3.63, 3.8) is 0 Å². The van der Waals surface area contributed by atoms with Crippen LogP contribution in [0, 0.1) is 5.92 Å². The van der Waals surface area contributed by atoms with Crippen LogP contribution in [-0.2, 0) is 6.54 Å². The number of hydrogen-bond acceptors (Lipinski definition) is 4. The van der Waals surface area contributed by atoms with Gasteiger partial charge in [-0.1, -0.05) is 60.7 Å². The van der Waals surface area contributed by atoms with Gasteiger partial charge >= 0.3 is 0 Å². The Morgan fingerprint density at radius 1 is 1.15 bits per heavy atom. The molecule has 4 nitrogen and oxygen atoms in total. The largest absolute Gasteiger partial charge is 0.379 e. The molecule has 0 aliphatic carbocycles. The van der Waals surface area contributed by atoms with Crippen LogP contribution in [0.25, 0.3) is 0 Å². The van der Waals surface area contributed by atoms with E-state index >= 15 is 0 Å². The van der Waals surface area contributed by atoms with Gasteiger partial charge in [0, 0.05) is 43.7 Å². The Labute approximate surface area is 156 Å². The molecule has 0 unspecified atom stereocenters. The molecule has 2 aliphatic heterocycles. The molecule has 2 aromatic rings. The lowest BCUT2D eigenvalue weighted by atomic mass is 9.75. The van der Waals surface area contributed by atoms with E-state index in [1.54, 1.807) is 0 Å². The van der Waals surface area contributed by atoms with Gasteiger partial charge in [0.15, 0.2) is 0 Å². The average molecular weight is 351 g/mol. The van der Waals surface area contributed by atoms with Crippen molar-refractivity contribution >= 4 is 0 Å². The number of fused-ring (bicyclic) bond motifs is 1. The Bertz CT molecular complexity index is 706. The molecule has 0 spiro atoms. The molecule has 0 amide bonds. The van der Waals surface area contributed by atoms with Gasteiger partial charge in [-0.2, -0.15) is 0 Å². The standard InChI is InChI=1S/C22H29N3O/c1-17(26)24-22-12-13-25(14-18-8-4-2-5-9-18)15-20(22)21(23-16-22)19-10-6-3-7-11-19/h2-11,17,20-21,23-24,26H,12-16H2,1H3/t17-,20-,21-,22-/m1/s1. The lowest BCUT2D eigenvalue weighted by Crippen LogP contribution is -2.61. The van der Waals surface area contributed by atoms with Crippen LogP contribution >= 0.6 is 0 Å². The SMILES string of the molecule is C[C@@H](O)N[C@@]12CCN(Cc3ccccc3)C[C@@H]1[C@@H](c1ccccc1)NC2. The molecule has 2 saturated heterocycles. The fourth-order valence-electron chi connectivity index (χ4n) is 4.81. The summed E-state index contributed by atoms with van der Waals surface area (Å²) < 4.78 is 0. The van der Waals surface area contributed by atoms with E-state index < -0.39 is 6.23 Å². The topological polar surface area (TPSA) is 47.5 Å². The van der Waals surface area contributed by atoms with Crippen molar-refractivity contribution in [2.45, 2.75) is 37.7 Å². The maximum absolute atomic E-state index is 10.1. The minimum Gasteiger partial charge on any atom is -0.379 e. The Hall–Kier alpha value is -1.72. The van der Waals surface area contributed by atoms with Crippen molar-refractivity contribution in [1.82, 2.24) is 15.5 Å². The summed E-state index contributed by atoms with van der Waals surface area (Å²) in [6, 6.07) is 21.8. The summed E-state index contributed by atoms with van der Waals surface area (Å²) in [6.45, 7) is 5.80. The third kappa shape index (κ3) is 3.55. The maximum Gasteiger partial charge on any atom is 0.102 e. The molecule has 2 heterocycles. The van der Waals surface area contributed by atoms with Gasteiger partial charge in [0.1, 0.15) is 6.23 Å². The normalized spacial score (nSPS) is 30.1. The zero-order valence-corrected chi connectivity index (χ0v) is 15.4. The summed E-state index contributed by atoms with van der Waals surface area (Å²) in [4.78, 5) is 2.56. The van der Waals surface area contributed by atoms with Crippen molar-refractivity contribution in [1.29, 1.82) is 0 Å². The second-order valence-corrected chi connectivity index (χ2v) is 7.82. The molecule has 0 radical (unpaired) electrons. The summed E-state index contributed by atoms with van der Waals surface area (Å²) in [5.74, 6) is 0.428. The van der Waals surface area contributed by atoms with E-state index in [9.17, 15) is 5.11 Å². The second kappa shape index (κ2) is 7.49. The highest BCUT2D eigenvalue weighted by Crippen LogP contribution is 2.42. The lowest BCUT2D eigenvalue weighted by Gasteiger charge is -2.46. The average Bonchev–Trinajstić information content (AvgIpc) is 3.01. The molecule has 4 rings (SSSR count). The van der Waals surface area contributed by atoms with Crippen LogP contribution in [0.5, 0.6) is 0 Å². The Morgan fingerprint density at radius 2 is 1.85 bits per heavy atom. The van der Waals surface area contributed by atoms with Crippen LogP contribution in [0.3, 0.4) is 0 Å². The highest BCUT2D eigenvalue weighted by molar-refractivity contribution is 5.25. The fraction of sp³-hybridized carbons (Fsp3) is 0.455. The van der Waals surface area contributed by atoms with Gasteiger partial charge in [0.25, 0.3) is 0 Å². The second-order valence-electron chi connectivity index (χ2n) is 7.82. The molecule has 26 heavy (non-hydrogen) atoms. The maximum atomic E-state index is 10.1. The molecular formula is C22H29N3O. The van der Waals surface area contributed by atoms with Crippen LogP contribution < -0.4 is 10.6 Å². The minimum absolute atomic E-state index is 0.0398. The predicted molar refractivity (Wildman–Crippen MR) is 105 cm³/mol. The zero-order chi connectivity index (χ0) is 18.0. The monoisotopic (exact) mass is 351 g/mol. The smallest absolute Gasteiger partial charge is 0.102 e. The summed E-state index contributed by atoms with van der Waals surface area (Å²) in [5.41, 5.74) is 2.67. The molecule has 2 fully saturated rings. The summed E-state index contributed by atoms with van der Waals surface area (Å²) >= 11 is 0. The third-order valence-electron chi connectivity index (χ3n) is 5.98. The van der Waals surface area contributed by atoms with Crippen LogP contribution in [0.4, 0.5) is 0 Å². The number of benzene rings is 2. The van der Waals surface area contributed by atoms with Gasteiger partial charge in [-0.3, -0.25) is 10.2 Å². The molecule has 4 heteroatoms. The quantitative estimate of drug-likeness (QED) is 0.725. The number of aliphatic hydroxyl groups is 1. The van der Waals surface area contributed by atoms with Crippen molar-refractivity contribution in [2.75, 3.05) is 19.6 Å². The first-order valence-corrected chi connectivity index (χ1v) is 9.67. The van der Waals surface area contributed by atoms with E-state index in [1.165, 1.54) is 11.1 Å². The highest BCUT2D eigenvalue weighted by Gasteiger charge is 2.51. The van der Waals surface area contributed by atoms with E-state index in [0.29, 0.717) is 12.0 Å². The summed E-state index contributed by atoms with van der Waals surface area (Å²) in [5, 5.41) is 17.3. The third-order valence-corrected chi connectivity index (χ3v) is 5.98. The molecule has 2 aliphatic rings. The van der Waals surface area contributed by atoms with E-state index in [0.717, 1.165) is 32.6 Å². The first kappa shape index (κ1) is 17.7.